The fourth-order valence-electron chi connectivity index (χ4n) is 2.50. The normalized spacial score (nSPS) is 13.0. The Balaban J connectivity index is 2.45. The van der Waals surface area contributed by atoms with Crippen LogP contribution in [0.25, 0.3) is 0 Å². The third-order valence-electron chi connectivity index (χ3n) is 4.00. The number of rotatable bonds is 13. The first-order chi connectivity index (χ1) is 12.5. The minimum atomic E-state index is -0.976. The Morgan fingerprint density at radius 2 is 1.81 bits per heavy atom. The first-order valence-corrected chi connectivity index (χ1v) is 9.35. The zero-order chi connectivity index (χ0) is 19.4. The van der Waals surface area contributed by atoms with E-state index in [9.17, 15) is 9.59 Å². The van der Waals surface area contributed by atoms with Crippen LogP contribution < -0.4 is 10.1 Å². The number of carbonyl (C=O) groups excluding carboxylic acids is 1. The minimum absolute atomic E-state index is 0.132. The lowest BCUT2D eigenvalue weighted by Crippen LogP contribution is -2.36. The van der Waals surface area contributed by atoms with Crippen molar-refractivity contribution in [2.75, 3.05) is 13.2 Å². The number of nitrogens with one attached hydrogen (secondary N) is 1. The van der Waals surface area contributed by atoms with Crippen molar-refractivity contribution in [1.29, 1.82) is 0 Å². The summed E-state index contributed by atoms with van der Waals surface area (Å²) in [6.45, 7) is 6.65. The zero-order valence-electron chi connectivity index (χ0n) is 16.0. The van der Waals surface area contributed by atoms with Crippen LogP contribution in [0, 0.1) is 0 Å². The Morgan fingerprint density at radius 1 is 1.12 bits per heavy atom. The molecule has 0 aliphatic heterocycles. The van der Waals surface area contributed by atoms with E-state index >= 15 is 0 Å². The second-order valence-electron chi connectivity index (χ2n) is 6.24. The molecule has 0 fully saturated rings. The molecule has 0 heterocycles. The van der Waals surface area contributed by atoms with Crippen molar-refractivity contribution in [2.24, 2.45) is 0 Å². The quantitative estimate of drug-likeness (QED) is 0.525. The van der Waals surface area contributed by atoms with Gasteiger partial charge in [0.05, 0.1) is 0 Å². The second-order valence-corrected chi connectivity index (χ2v) is 6.24. The average molecular weight is 365 g/mol. The molecule has 0 aromatic heterocycles. The smallest absolute Gasteiger partial charge is 0.333 e. The number of aliphatic carboxylic acids is 1. The monoisotopic (exact) mass is 365 g/mol. The van der Waals surface area contributed by atoms with Crippen LogP contribution in [-0.2, 0) is 20.7 Å². The van der Waals surface area contributed by atoms with Crippen LogP contribution in [-0.4, -0.2) is 42.3 Å². The molecule has 6 nitrogen and oxygen atoms in total. The summed E-state index contributed by atoms with van der Waals surface area (Å²) in [7, 11) is 0. The summed E-state index contributed by atoms with van der Waals surface area (Å²) in [5.74, 6) is -0.532. The van der Waals surface area contributed by atoms with E-state index in [1.807, 2.05) is 0 Å². The van der Waals surface area contributed by atoms with Crippen molar-refractivity contribution >= 4 is 11.9 Å². The Bertz CT molecular complexity index is 544. The van der Waals surface area contributed by atoms with Crippen LogP contribution in [0.2, 0.25) is 0 Å². The third kappa shape index (κ3) is 8.34. The number of hydrogen-bond acceptors (Lipinski definition) is 4. The van der Waals surface area contributed by atoms with Crippen molar-refractivity contribution in [3.05, 3.63) is 29.8 Å². The minimum Gasteiger partial charge on any atom is -0.481 e. The molecule has 26 heavy (non-hydrogen) atoms. The molecule has 146 valence electrons. The first kappa shape index (κ1) is 22.0. The average Bonchev–Trinajstić information content (AvgIpc) is 2.62. The lowest BCUT2D eigenvalue weighted by molar-refractivity contribution is -0.150. The van der Waals surface area contributed by atoms with Crippen LogP contribution in [0.4, 0.5) is 0 Å². The van der Waals surface area contributed by atoms with E-state index in [4.69, 9.17) is 14.6 Å². The van der Waals surface area contributed by atoms with Gasteiger partial charge >= 0.3 is 5.97 Å². The molecule has 1 aromatic carbocycles. The SMILES string of the molecule is CCCCCCNC(=O)[C@H](C)Oc1ccc(C[C@H](OCC)C(=O)O)cc1. The summed E-state index contributed by atoms with van der Waals surface area (Å²) in [6.07, 6.45) is 3.29. The van der Waals surface area contributed by atoms with E-state index in [1.54, 1.807) is 38.1 Å². The van der Waals surface area contributed by atoms with Gasteiger partial charge in [-0.1, -0.05) is 38.3 Å². The summed E-state index contributed by atoms with van der Waals surface area (Å²) in [4.78, 5) is 23.2. The fraction of sp³-hybridized carbons (Fsp3) is 0.600. The highest BCUT2D eigenvalue weighted by Crippen LogP contribution is 2.16. The molecule has 2 atom stereocenters. The van der Waals surface area contributed by atoms with Gasteiger partial charge in [-0.3, -0.25) is 4.79 Å². The molecular weight excluding hydrogens is 334 g/mol. The number of benzene rings is 1. The number of ether oxygens (including phenoxy) is 2. The fourth-order valence-corrected chi connectivity index (χ4v) is 2.50. The van der Waals surface area contributed by atoms with Gasteiger partial charge in [-0.05, 0) is 38.0 Å². The maximum atomic E-state index is 12.0. The number of carboxylic acid groups (broad SMARTS) is 1. The molecule has 0 unspecified atom stereocenters. The number of carboxylic acids is 1. The summed E-state index contributed by atoms with van der Waals surface area (Å²) < 4.78 is 10.9. The number of hydrogen-bond donors (Lipinski definition) is 2. The maximum Gasteiger partial charge on any atom is 0.333 e. The molecule has 0 saturated heterocycles. The molecule has 2 N–H and O–H groups in total. The van der Waals surface area contributed by atoms with Gasteiger partial charge in [-0.25, -0.2) is 4.79 Å². The van der Waals surface area contributed by atoms with E-state index < -0.39 is 18.2 Å². The van der Waals surface area contributed by atoms with E-state index in [2.05, 4.69) is 12.2 Å². The number of amides is 1. The van der Waals surface area contributed by atoms with E-state index in [0.717, 1.165) is 18.4 Å². The van der Waals surface area contributed by atoms with Crippen molar-refractivity contribution in [3.8, 4) is 5.75 Å². The van der Waals surface area contributed by atoms with Crippen LogP contribution in [0.5, 0.6) is 5.75 Å². The Labute approximate surface area is 155 Å². The molecule has 0 saturated carbocycles. The van der Waals surface area contributed by atoms with Crippen molar-refractivity contribution in [2.45, 2.75) is 65.1 Å². The molecule has 0 aliphatic carbocycles. The summed E-state index contributed by atoms with van der Waals surface area (Å²) in [5, 5.41) is 12.0. The van der Waals surface area contributed by atoms with E-state index in [1.165, 1.54) is 12.8 Å². The van der Waals surface area contributed by atoms with Gasteiger partial charge in [0.15, 0.2) is 12.2 Å². The maximum absolute atomic E-state index is 12.0. The Hall–Kier alpha value is -2.08. The standard InChI is InChI=1S/C20H31NO5/c1-4-6-7-8-13-21-19(22)15(3)26-17-11-9-16(10-12-17)14-18(20(23)24)25-5-2/h9-12,15,18H,4-8,13-14H2,1-3H3,(H,21,22)(H,23,24)/t15-,18-/m0/s1. The van der Waals surface area contributed by atoms with Gasteiger partial charge in [0.2, 0.25) is 0 Å². The predicted octanol–water partition coefficient (Wildman–Crippen LogP) is 3.18. The summed E-state index contributed by atoms with van der Waals surface area (Å²) >= 11 is 0. The lowest BCUT2D eigenvalue weighted by atomic mass is 10.1. The number of unbranched alkanes of at least 4 members (excludes halogenated alkanes) is 3. The van der Waals surface area contributed by atoms with Crippen LogP contribution in [0.3, 0.4) is 0 Å². The Kier molecular flexibility index (Phi) is 10.4. The second kappa shape index (κ2) is 12.3. The molecule has 0 spiro atoms. The van der Waals surface area contributed by atoms with Gasteiger partial charge in [0, 0.05) is 19.6 Å². The predicted molar refractivity (Wildman–Crippen MR) is 100 cm³/mol. The molecule has 0 bridgehead atoms. The topological polar surface area (TPSA) is 84.9 Å². The highest BCUT2D eigenvalue weighted by Gasteiger charge is 2.18. The van der Waals surface area contributed by atoms with Gasteiger partial charge in [-0.15, -0.1) is 0 Å². The molecule has 1 aromatic rings. The van der Waals surface area contributed by atoms with Gasteiger partial charge < -0.3 is 19.9 Å². The largest absolute Gasteiger partial charge is 0.481 e. The zero-order valence-corrected chi connectivity index (χ0v) is 16.0. The number of carbonyl (C=O) groups is 2. The highest BCUT2D eigenvalue weighted by atomic mass is 16.5. The molecule has 0 aliphatic rings. The molecule has 1 amide bonds. The van der Waals surface area contributed by atoms with E-state index in [0.29, 0.717) is 18.9 Å². The third-order valence-corrected chi connectivity index (χ3v) is 4.00. The Morgan fingerprint density at radius 3 is 2.38 bits per heavy atom. The van der Waals surface area contributed by atoms with Crippen molar-refractivity contribution in [1.82, 2.24) is 5.32 Å². The van der Waals surface area contributed by atoms with Crippen molar-refractivity contribution in [3.63, 3.8) is 0 Å². The van der Waals surface area contributed by atoms with Gasteiger partial charge in [0.1, 0.15) is 5.75 Å². The van der Waals surface area contributed by atoms with Gasteiger partial charge in [0.25, 0.3) is 5.91 Å². The van der Waals surface area contributed by atoms with Crippen LogP contribution >= 0.6 is 0 Å². The highest BCUT2D eigenvalue weighted by molar-refractivity contribution is 5.80. The first-order valence-electron chi connectivity index (χ1n) is 9.35. The molecule has 0 radical (unpaired) electrons. The summed E-state index contributed by atoms with van der Waals surface area (Å²) in [6, 6.07) is 7.07. The van der Waals surface area contributed by atoms with Crippen LogP contribution in [0.1, 0.15) is 52.0 Å². The molecule has 1 rings (SSSR count). The van der Waals surface area contributed by atoms with Gasteiger partial charge in [-0.2, -0.15) is 0 Å². The van der Waals surface area contributed by atoms with Crippen molar-refractivity contribution < 1.29 is 24.2 Å². The molecule has 6 heteroatoms. The molecular formula is C20H31NO5. The lowest BCUT2D eigenvalue weighted by Gasteiger charge is -2.16. The van der Waals surface area contributed by atoms with E-state index in [-0.39, 0.29) is 12.3 Å². The summed E-state index contributed by atoms with van der Waals surface area (Å²) in [5.41, 5.74) is 0.839. The van der Waals surface area contributed by atoms with Crippen LogP contribution in [0.15, 0.2) is 24.3 Å².